The van der Waals surface area contributed by atoms with Crippen molar-refractivity contribution < 1.29 is 9.84 Å². The van der Waals surface area contributed by atoms with Gasteiger partial charge in [-0.2, -0.15) is 0 Å². The van der Waals surface area contributed by atoms with Gasteiger partial charge in [0.25, 0.3) is 0 Å². The molecule has 166 valence electrons. The highest BCUT2D eigenvalue weighted by Crippen LogP contribution is 2.36. The molecule has 1 aliphatic heterocycles. The Labute approximate surface area is 191 Å². The monoisotopic (exact) mass is 427 g/mol. The minimum absolute atomic E-state index is 0.428. The Morgan fingerprint density at radius 1 is 0.844 bits per heavy atom. The van der Waals surface area contributed by atoms with Crippen LogP contribution in [0.5, 0.6) is 5.75 Å². The fourth-order valence-electron chi connectivity index (χ4n) is 5.46. The van der Waals surface area contributed by atoms with E-state index in [1.165, 1.54) is 42.4 Å². The Hall–Kier alpha value is -2.62. The van der Waals surface area contributed by atoms with Crippen LogP contribution in [0, 0.1) is 0 Å². The van der Waals surface area contributed by atoms with Crippen molar-refractivity contribution in [1.29, 1.82) is 0 Å². The van der Waals surface area contributed by atoms with Crippen molar-refractivity contribution in [3.63, 3.8) is 0 Å². The van der Waals surface area contributed by atoms with E-state index in [2.05, 4.69) is 59.5 Å². The predicted molar refractivity (Wildman–Crippen MR) is 129 cm³/mol. The molecule has 32 heavy (non-hydrogen) atoms. The average molecular weight is 428 g/mol. The zero-order chi connectivity index (χ0) is 21.8. The van der Waals surface area contributed by atoms with Gasteiger partial charge < -0.3 is 9.84 Å². The minimum Gasteiger partial charge on any atom is -0.489 e. The van der Waals surface area contributed by atoms with Gasteiger partial charge >= 0.3 is 0 Å². The molecule has 1 saturated carbocycles. The van der Waals surface area contributed by atoms with Crippen LogP contribution >= 0.6 is 0 Å². The molecule has 0 radical (unpaired) electrons. The van der Waals surface area contributed by atoms with E-state index in [0.717, 1.165) is 30.8 Å². The van der Waals surface area contributed by atoms with Crippen molar-refractivity contribution in [3.05, 3.63) is 101 Å². The van der Waals surface area contributed by atoms with Crippen molar-refractivity contribution in [2.24, 2.45) is 0 Å². The highest BCUT2D eigenvalue weighted by Gasteiger charge is 2.30. The van der Waals surface area contributed by atoms with E-state index in [-0.39, 0.29) is 0 Å². The molecular weight excluding hydrogens is 394 g/mol. The smallest absolute Gasteiger partial charge is 0.120 e. The third-order valence-electron chi connectivity index (χ3n) is 7.28. The summed E-state index contributed by atoms with van der Waals surface area (Å²) >= 11 is 0. The van der Waals surface area contributed by atoms with E-state index >= 15 is 0 Å². The molecule has 1 atom stereocenters. The van der Waals surface area contributed by atoms with Gasteiger partial charge in [0.2, 0.25) is 0 Å². The van der Waals surface area contributed by atoms with Crippen molar-refractivity contribution in [2.75, 3.05) is 13.1 Å². The van der Waals surface area contributed by atoms with Crippen LogP contribution < -0.4 is 4.74 Å². The van der Waals surface area contributed by atoms with Gasteiger partial charge in [0.1, 0.15) is 12.4 Å². The summed E-state index contributed by atoms with van der Waals surface area (Å²) in [5.41, 5.74) is 4.94. The highest BCUT2D eigenvalue weighted by molar-refractivity contribution is 5.38. The summed E-state index contributed by atoms with van der Waals surface area (Å²) in [5.74, 6) is 1.57. The first-order chi connectivity index (χ1) is 15.8. The van der Waals surface area contributed by atoms with E-state index in [0.29, 0.717) is 18.6 Å². The Morgan fingerprint density at radius 3 is 2.31 bits per heavy atom. The first kappa shape index (κ1) is 21.2. The molecule has 0 aromatic heterocycles. The third kappa shape index (κ3) is 4.90. The van der Waals surface area contributed by atoms with Crippen molar-refractivity contribution in [3.8, 4) is 5.75 Å². The maximum atomic E-state index is 11.0. The Kier molecular flexibility index (Phi) is 6.56. The number of hydrogen-bond donors (Lipinski definition) is 1. The maximum Gasteiger partial charge on any atom is 0.120 e. The predicted octanol–water partition coefficient (Wildman–Crippen LogP) is 5.88. The summed E-state index contributed by atoms with van der Waals surface area (Å²) in [6, 6.07) is 28.0. The normalized spacial score (nSPS) is 23.8. The third-order valence-corrected chi connectivity index (χ3v) is 7.28. The zero-order valence-electron chi connectivity index (χ0n) is 18.7. The lowest BCUT2D eigenvalue weighted by Crippen LogP contribution is -2.40. The summed E-state index contributed by atoms with van der Waals surface area (Å²) in [6.45, 7) is 2.31. The number of nitrogens with zero attached hydrogens (tertiary/aromatic N) is 1. The van der Waals surface area contributed by atoms with Gasteiger partial charge in [-0.15, -0.1) is 0 Å². The second kappa shape index (κ2) is 9.89. The fraction of sp³-hybridized carbons (Fsp3) is 0.379. The summed E-state index contributed by atoms with van der Waals surface area (Å²) in [4.78, 5) is 2.54. The average Bonchev–Trinajstić information content (AvgIpc) is 3.02. The van der Waals surface area contributed by atoms with Gasteiger partial charge in [0.15, 0.2) is 0 Å². The summed E-state index contributed by atoms with van der Waals surface area (Å²) in [6.07, 6.45) is 5.45. The van der Waals surface area contributed by atoms with Gasteiger partial charge in [-0.05, 0) is 72.4 Å². The Morgan fingerprint density at radius 2 is 1.56 bits per heavy atom. The SMILES string of the molecule is OC1CN([C@H]2CC[C@H](c3ccccc3)CC2)CCc2cc(OCc3ccccc3)ccc21. The van der Waals surface area contributed by atoms with E-state index in [4.69, 9.17) is 4.74 Å². The van der Waals surface area contributed by atoms with Crippen LogP contribution in [0.2, 0.25) is 0 Å². The number of fused-ring (bicyclic) bond motifs is 1. The van der Waals surface area contributed by atoms with Crippen LogP contribution in [-0.2, 0) is 13.0 Å². The van der Waals surface area contributed by atoms with Gasteiger partial charge in [-0.1, -0.05) is 66.7 Å². The number of aliphatic hydroxyl groups excluding tert-OH is 1. The van der Waals surface area contributed by atoms with Crippen LogP contribution in [-0.4, -0.2) is 29.1 Å². The molecule has 3 aromatic rings. The van der Waals surface area contributed by atoms with Gasteiger partial charge in [0, 0.05) is 19.1 Å². The van der Waals surface area contributed by atoms with Crippen LogP contribution in [0.25, 0.3) is 0 Å². The molecule has 0 saturated heterocycles. The van der Waals surface area contributed by atoms with Gasteiger partial charge in [-0.25, -0.2) is 0 Å². The van der Waals surface area contributed by atoms with Crippen LogP contribution in [0.4, 0.5) is 0 Å². The number of ether oxygens (including phenoxy) is 1. The molecule has 0 amide bonds. The molecule has 5 rings (SSSR count). The molecule has 2 aliphatic rings. The molecule has 3 aromatic carbocycles. The number of rotatable bonds is 5. The number of hydrogen-bond acceptors (Lipinski definition) is 3. The second-order valence-corrected chi connectivity index (χ2v) is 9.31. The Bertz CT molecular complexity index is 996. The van der Waals surface area contributed by atoms with E-state index < -0.39 is 6.10 Å². The first-order valence-electron chi connectivity index (χ1n) is 12.0. The molecule has 3 nitrogen and oxygen atoms in total. The topological polar surface area (TPSA) is 32.7 Å². The van der Waals surface area contributed by atoms with Gasteiger partial charge in [-0.3, -0.25) is 4.90 Å². The maximum absolute atomic E-state index is 11.0. The molecule has 1 aliphatic carbocycles. The first-order valence-corrected chi connectivity index (χ1v) is 12.0. The van der Waals surface area contributed by atoms with E-state index in [1.807, 2.05) is 24.3 Å². The number of aliphatic hydroxyl groups is 1. The lowest BCUT2D eigenvalue weighted by molar-refractivity contribution is 0.0774. The lowest BCUT2D eigenvalue weighted by Gasteiger charge is -2.37. The van der Waals surface area contributed by atoms with E-state index in [1.54, 1.807) is 0 Å². The molecule has 3 heteroatoms. The number of benzene rings is 3. The molecule has 1 fully saturated rings. The van der Waals surface area contributed by atoms with Crippen molar-refractivity contribution in [2.45, 2.75) is 56.8 Å². The number of β-amino-alcohol motifs (C(OH)–C–C–N with tert-alkyl or cyclic N) is 1. The fourth-order valence-corrected chi connectivity index (χ4v) is 5.46. The molecule has 0 bridgehead atoms. The molecule has 1 unspecified atom stereocenters. The van der Waals surface area contributed by atoms with Crippen LogP contribution in [0.3, 0.4) is 0 Å². The summed E-state index contributed by atoms with van der Waals surface area (Å²) in [7, 11) is 0. The summed E-state index contributed by atoms with van der Waals surface area (Å²) < 4.78 is 6.04. The second-order valence-electron chi connectivity index (χ2n) is 9.31. The minimum atomic E-state index is -0.428. The van der Waals surface area contributed by atoms with Crippen molar-refractivity contribution >= 4 is 0 Å². The highest BCUT2D eigenvalue weighted by atomic mass is 16.5. The largest absolute Gasteiger partial charge is 0.489 e. The van der Waals surface area contributed by atoms with Gasteiger partial charge in [0.05, 0.1) is 6.10 Å². The molecule has 1 heterocycles. The van der Waals surface area contributed by atoms with Crippen LogP contribution in [0.15, 0.2) is 78.9 Å². The van der Waals surface area contributed by atoms with Crippen molar-refractivity contribution in [1.82, 2.24) is 4.90 Å². The lowest BCUT2D eigenvalue weighted by atomic mass is 9.81. The molecular formula is C29H33NO2. The molecule has 0 spiro atoms. The molecule has 1 N–H and O–H groups in total. The quantitative estimate of drug-likeness (QED) is 0.552. The standard InChI is InChI=1S/C29H33NO2/c31-29-20-30(26-13-11-24(12-14-26)23-9-5-2-6-10-23)18-17-25-19-27(15-16-28(25)29)32-21-22-7-3-1-4-8-22/h1-10,15-16,19,24,26,29,31H,11-14,17-18,20-21H2/t24-,26-,29?. The summed E-state index contributed by atoms with van der Waals surface area (Å²) in [5, 5.41) is 11.0. The zero-order valence-corrected chi connectivity index (χ0v) is 18.7. The van der Waals surface area contributed by atoms with Crippen LogP contribution in [0.1, 0.15) is 60.0 Å². The Balaban J connectivity index is 1.20. The van der Waals surface area contributed by atoms with E-state index in [9.17, 15) is 5.11 Å².